The van der Waals surface area contributed by atoms with E-state index in [-0.39, 0.29) is 12.4 Å². The Morgan fingerprint density at radius 1 is 1.30 bits per heavy atom. The molecule has 0 heterocycles. The van der Waals surface area contributed by atoms with Crippen molar-refractivity contribution in [2.75, 3.05) is 6.61 Å². The standard InChI is InChI=1S/C20H24F2O/c1-3-5-6-7-15-8-10-16(11-9-15)17-12-13-18(23-14-4-2)20(22)19(17)21/h3-5,10,12-13,15H,2,6-9,11,14H2,1H3. The van der Waals surface area contributed by atoms with Crippen molar-refractivity contribution in [2.45, 2.75) is 39.0 Å². The van der Waals surface area contributed by atoms with Gasteiger partial charge in [0.2, 0.25) is 5.82 Å². The first-order chi connectivity index (χ1) is 11.2. The zero-order valence-electron chi connectivity index (χ0n) is 13.7. The molecule has 0 bridgehead atoms. The van der Waals surface area contributed by atoms with Crippen LogP contribution in [0.2, 0.25) is 0 Å². The minimum absolute atomic E-state index is 0.0632. The van der Waals surface area contributed by atoms with Gasteiger partial charge in [-0.1, -0.05) is 30.9 Å². The van der Waals surface area contributed by atoms with E-state index < -0.39 is 11.6 Å². The largest absolute Gasteiger partial charge is 0.486 e. The number of hydrogen-bond donors (Lipinski definition) is 0. The molecule has 1 aromatic carbocycles. The van der Waals surface area contributed by atoms with Crippen LogP contribution in [0.5, 0.6) is 5.75 Å². The van der Waals surface area contributed by atoms with Gasteiger partial charge in [-0.15, -0.1) is 0 Å². The SMILES string of the molecule is C=CCOc1ccc(C2=CCC(CCC=CC)CC2)c(F)c1F. The molecule has 2 rings (SSSR count). The summed E-state index contributed by atoms with van der Waals surface area (Å²) in [5.74, 6) is -1.16. The number of halogens is 2. The van der Waals surface area contributed by atoms with Crippen molar-refractivity contribution >= 4 is 5.57 Å². The molecular formula is C20H24F2O. The van der Waals surface area contributed by atoms with E-state index in [1.165, 1.54) is 12.1 Å². The molecule has 0 N–H and O–H groups in total. The third kappa shape index (κ3) is 4.54. The summed E-state index contributed by atoms with van der Waals surface area (Å²) in [6.45, 7) is 5.68. The van der Waals surface area contributed by atoms with E-state index in [1.807, 2.05) is 6.92 Å². The van der Waals surface area contributed by atoms with Crippen molar-refractivity contribution in [3.05, 3.63) is 60.2 Å². The van der Waals surface area contributed by atoms with Crippen LogP contribution in [0.4, 0.5) is 8.78 Å². The maximum absolute atomic E-state index is 14.3. The van der Waals surface area contributed by atoms with Crippen molar-refractivity contribution in [3.8, 4) is 5.75 Å². The zero-order chi connectivity index (χ0) is 16.7. The van der Waals surface area contributed by atoms with Gasteiger partial charge in [0.1, 0.15) is 6.61 Å². The van der Waals surface area contributed by atoms with Gasteiger partial charge in [-0.2, -0.15) is 4.39 Å². The van der Waals surface area contributed by atoms with Gasteiger partial charge in [0.15, 0.2) is 11.6 Å². The van der Waals surface area contributed by atoms with Gasteiger partial charge in [-0.25, -0.2) is 4.39 Å². The highest BCUT2D eigenvalue weighted by Crippen LogP contribution is 2.35. The summed E-state index contributed by atoms with van der Waals surface area (Å²) in [6.07, 6.45) is 12.8. The molecule has 0 amide bonds. The normalized spacial score (nSPS) is 18.0. The topological polar surface area (TPSA) is 9.23 Å². The minimum atomic E-state index is -0.916. The average Bonchev–Trinajstić information content (AvgIpc) is 2.57. The number of rotatable bonds is 7. The summed E-state index contributed by atoms with van der Waals surface area (Å²) in [6, 6.07) is 3.11. The third-order valence-electron chi connectivity index (χ3n) is 4.25. The van der Waals surface area contributed by atoms with Crippen LogP contribution in [0.1, 0.15) is 44.6 Å². The maximum atomic E-state index is 14.3. The first kappa shape index (κ1) is 17.5. The minimum Gasteiger partial charge on any atom is -0.486 e. The lowest BCUT2D eigenvalue weighted by Crippen LogP contribution is -2.07. The highest BCUT2D eigenvalue weighted by atomic mass is 19.2. The Balaban J connectivity index is 2.07. The Kier molecular flexibility index (Phi) is 6.57. The summed E-state index contributed by atoms with van der Waals surface area (Å²) in [7, 11) is 0. The second-order valence-electron chi connectivity index (χ2n) is 5.86. The van der Waals surface area contributed by atoms with Crippen LogP contribution in [0, 0.1) is 17.6 Å². The van der Waals surface area contributed by atoms with Gasteiger partial charge in [-0.05, 0) is 62.7 Å². The Morgan fingerprint density at radius 2 is 2.13 bits per heavy atom. The lowest BCUT2D eigenvalue weighted by molar-refractivity contribution is 0.332. The molecule has 1 unspecified atom stereocenters. The fraction of sp³-hybridized carbons (Fsp3) is 0.400. The van der Waals surface area contributed by atoms with E-state index in [0.29, 0.717) is 11.5 Å². The molecule has 1 atom stereocenters. The molecule has 1 aliphatic carbocycles. The molecule has 3 heteroatoms. The zero-order valence-corrected chi connectivity index (χ0v) is 13.7. The summed E-state index contributed by atoms with van der Waals surface area (Å²) in [5.41, 5.74) is 1.26. The van der Waals surface area contributed by atoms with Gasteiger partial charge in [0, 0.05) is 5.56 Å². The van der Waals surface area contributed by atoms with Crippen LogP contribution in [0.15, 0.2) is 43.0 Å². The smallest absolute Gasteiger partial charge is 0.201 e. The second-order valence-corrected chi connectivity index (χ2v) is 5.86. The number of benzene rings is 1. The Bertz CT molecular complexity index is 602. The van der Waals surface area contributed by atoms with Crippen molar-refractivity contribution in [3.63, 3.8) is 0 Å². The number of hydrogen-bond acceptors (Lipinski definition) is 1. The summed E-state index contributed by atoms with van der Waals surface area (Å²) < 4.78 is 33.5. The predicted octanol–water partition coefficient (Wildman–Crippen LogP) is 6.07. The molecule has 124 valence electrons. The molecule has 23 heavy (non-hydrogen) atoms. The molecule has 0 saturated heterocycles. The van der Waals surface area contributed by atoms with Crippen LogP contribution >= 0.6 is 0 Å². The highest BCUT2D eigenvalue weighted by molar-refractivity contribution is 5.67. The van der Waals surface area contributed by atoms with Crippen LogP contribution in [-0.4, -0.2) is 6.61 Å². The average molecular weight is 318 g/mol. The van der Waals surface area contributed by atoms with Crippen molar-refractivity contribution in [1.29, 1.82) is 0 Å². The van der Waals surface area contributed by atoms with Gasteiger partial charge in [0.25, 0.3) is 0 Å². The van der Waals surface area contributed by atoms with Crippen molar-refractivity contribution < 1.29 is 13.5 Å². The molecule has 0 radical (unpaired) electrons. The van der Waals surface area contributed by atoms with Crippen molar-refractivity contribution in [2.24, 2.45) is 5.92 Å². The summed E-state index contributed by atoms with van der Waals surface area (Å²) in [4.78, 5) is 0. The quantitative estimate of drug-likeness (QED) is 0.554. The fourth-order valence-electron chi connectivity index (χ4n) is 2.93. The van der Waals surface area contributed by atoms with Crippen molar-refractivity contribution in [1.82, 2.24) is 0 Å². The summed E-state index contributed by atoms with van der Waals surface area (Å²) in [5, 5.41) is 0. The monoisotopic (exact) mass is 318 g/mol. The van der Waals surface area contributed by atoms with Crippen LogP contribution in [0.25, 0.3) is 5.57 Å². The molecule has 1 aromatic rings. The van der Waals surface area contributed by atoms with Gasteiger partial charge < -0.3 is 4.74 Å². The maximum Gasteiger partial charge on any atom is 0.201 e. The lowest BCUT2D eigenvalue weighted by atomic mass is 9.84. The molecule has 1 nitrogen and oxygen atoms in total. The van der Waals surface area contributed by atoms with E-state index in [9.17, 15) is 8.78 Å². The van der Waals surface area contributed by atoms with E-state index in [0.717, 1.165) is 37.7 Å². The molecule has 0 spiro atoms. The number of allylic oxidation sites excluding steroid dienone is 4. The molecule has 1 aliphatic rings. The number of ether oxygens (including phenoxy) is 1. The Labute approximate surface area is 137 Å². The molecular weight excluding hydrogens is 294 g/mol. The van der Waals surface area contributed by atoms with Gasteiger partial charge in [-0.3, -0.25) is 0 Å². The van der Waals surface area contributed by atoms with E-state index >= 15 is 0 Å². The highest BCUT2D eigenvalue weighted by Gasteiger charge is 2.20. The molecule has 0 aliphatic heterocycles. The van der Waals surface area contributed by atoms with E-state index in [1.54, 1.807) is 6.07 Å². The summed E-state index contributed by atoms with van der Waals surface area (Å²) >= 11 is 0. The van der Waals surface area contributed by atoms with Gasteiger partial charge in [0.05, 0.1) is 0 Å². The predicted molar refractivity (Wildman–Crippen MR) is 91.4 cm³/mol. The van der Waals surface area contributed by atoms with E-state index in [4.69, 9.17) is 4.74 Å². The van der Waals surface area contributed by atoms with E-state index in [2.05, 4.69) is 24.8 Å². The van der Waals surface area contributed by atoms with Crippen LogP contribution in [0.3, 0.4) is 0 Å². The molecule has 0 saturated carbocycles. The Hall–Kier alpha value is -1.90. The van der Waals surface area contributed by atoms with Crippen LogP contribution < -0.4 is 4.74 Å². The van der Waals surface area contributed by atoms with Gasteiger partial charge >= 0.3 is 0 Å². The molecule has 0 aromatic heterocycles. The van der Waals surface area contributed by atoms with Crippen LogP contribution in [-0.2, 0) is 0 Å². The lowest BCUT2D eigenvalue weighted by Gasteiger charge is -2.22. The Morgan fingerprint density at radius 3 is 2.78 bits per heavy atom. The fourth-order valence-corrected chi connectivity index (χ4v) is 2.93. The second kappa shape index (κ2) is 8.66. The first-order valence-corrected chi connectivity index (χ1v) is 8.19. The molecule has 0 fully saturated rings. The third-order valence-corrected chi connectivity index (χ3v) is 4.25. The first-order valence-electron chi connectivity index (χ1n) is 8.19.